The van der Waals surface area contributed by atoms with Crippen LogP contribution in [-0.4, -0.2) is 17.7 Å². The summed E-state index contributed by atoms with van der Waals surface area (Å²) in [5, 5.41) is 2.73. The van der Waals surface area contributed by atoms with Crippen LogP contribution in [0.1, 0.15) is 43.9 Å². The first-order valence-electron chi connectivity index (χ1n) is 9.14. The van der Waals surface area contributed by atoms with Crippen molar-refractivity contribution in [3.8, 4) is 0 Å². The highest BCUT2D eigenvalue weighted by Gasteiger charge is 2.35. The second-order valence-electron chi connectivity index (χ2n) is 6.21. The van der Waals surface area contributed by atoms with Crippen LogP contribution in [-0.2, 0) is 20.9 Å². The van der Waals surface area contributed by atoms with Crippen LogP contribution in [0.3, 0.4) is 0 Å². The van der Waals surface area contributed by atoms with Crippen LogP contribution < -0.4 is 5.32 Å². The van der Waals surface area contributed by atoms with Gasteiger partial charge >= 0.3 is 6.09 Å². The van der Waals surface area contributed by atoms with Crippen LogP contribution in [0.25, 0.3) is 0 Å². The molecule has 0 saturated carbocycles. The molecule has 0 bridgehead atoms. The summed E-state index contributed by atoms with van der Waals surface area (Å²) in [6.07, 6.45) is -0.216. The molecule has 0 aromatic heterocycles. The van der Waals surface area contributed by atoms with Gasteiger partial charge in [0.05, 0.1) is 6.04 Å². The van der Waals surface area contributed by atoms with Crippen molar-refractivity contribution >= 4 is 17.7 Å². The van der Waals surface area contributed by atoms with Gasteiger partial charge < -0.3 is 10.1 Å². The SMILES string of the molecule is CCC(=O)C(C(=O)CC)C(NC(=O)OCc1ccccc1)c1ccccc1. The lowest BCUT2D eigenvalue weighted by Crippen LogP contribution is -2.40. The van der Waals surface area contributed by atoms with Gasteiger partial charge in [0, 0.05) is 12.8 Å². The second-order valence-corrected chi connectivity index (χ2v) is 6.21. The Bertz CT molecular complexity index is 742. The van der Waals surface area contributed by atoms with E-state index in [1.54, 1.807) is 26.0 Å². The number of ether oxygens (including phenoxy) is 1. The average Bonchev–Trinajstić information content (AvgIpc) is 2.72. The lowest BCUT2D eigenvalue weighted by Gasteiger charge is -2.26. The molecule has 0 aliphatic carbocycles. The highest BCUT2D eigenvalue weighted by atomic mass is 16.5. The maximum Gasteiger partial charge on any atom is 0.407 e. The predicted octanol–water partition coefficient (Wildman–Crippen LogP) is 4.23. The number of Topliss-reactive ketones (excluding diaryl/α,β-unsaturated/α-hetero) is 2. The third-order valence-electron chi connectivity index (χ3n) is 4.37. The summed E-state index contributed by atoms with van der Waals surface area (Å²) >= 11 is 0. The molecule has 2 rings (SSSR count). The fourth-order valence-electron chi connectivity index (χ4n) is 2.90. The molecule has 5 nitrogen and oxygen atoms in total. The molecule has 0 heterocycles. The van der Waals surface area contributed by atoms with Crippen molar-refractivity contribution in [3.63, 3.8) is 0 Å². The Balaban J connectivity index is 2.20. The van der Waals surface area contributed by atoms with Crippen LogP contribution >= 0.6 is 0 Å². The fourth-order valence-corrected chi connectivity index (χ4v) is 2.90. The van der Waals surface area contributed by atoms with Crippen molar-refractivity contribution in [2.75, 3.05) is 0 Å². The van der Waals surface area contributed by atoms with E-state index < -0.39 is 18.1 Å². The molecule has 1 atom stereocenters. The molecule has 0 aliphatic heterocycles. The van der Waals surface area contributed by atoms with Gasteiger partial charge in [-0.3, -0.25) is 9.59 Å². The Kier molecular flexibility index (Phi) is 7.74. The van der Waals surface area contributed by atoms with Gasteiger partial charge in [-0.15, -0.1) is 0 Å². The summed E-state index contributed by atoms with van der Waals surface area (Å²) in [7, 11) is 0. The molecule has 5 heteroatoms. The molecule has 1 unspecified atom stereocenters. The van der Waals surface area contributed by atoms with Crippen molar-refractivity contribution in [3.05, 3.63) is 71.8 Å². The van der Waals surface area contributed by atoms with E-state index in [9.17, 15) is 14.4 Å². The van der Waals surface area contributed by atoms with Gasteiger partial charge in [0.15, 0.2) is 0 Å². The molecule has 0 radical (unpaired) electrons. The van der Waals surface area contributed by atoms with Crippen LogP contribution in [0, 0.1) is 5.92 Å². The van der Waals surface area contributed by atoms with E-state index >= 15 is 0 Å². The van der Waals surface area contributed by atoms with E-state index in [2.05, 4.69) is 5.32 Å². The van der Waals surface area contributed by atoms with Gasteiger partial charge in [0.25, 0.3) is 0 Å². The molecule has 2 aromatic carbocycles. The second kappa shape index (κ2) is 10.3. The number of benzene rings is 2. The Labute approximate surface area is 159 Å². The van der Waals surface area contributed by atoms with E-state index in [1.165, 1.54) is 0 Å². The molecule has 27 heavy (non-hydrogen) atoms. The standard InChI is InChI=1S/C22H25NO4/c1-3-18(24)20(19(25)4-2)21(17-13-9-6-10-14-17)23-22(26)27-15-16-11-7-5-8-12-16/h5-14,20-21H,3-4,15H2,1-2H3,(H,23,26). The number of carbonyl (C=O) groups is 3. The average molecular weight is 367 g/mol. The smallest absolute Gasteiger partial charge is 0.407 e. The minimum absolute atomic E-state index is 0.113. The van der Waals surface area contributed by atoms with E-state index in [1.807, 2.05) is 48.5 Å². The summed E-state index contributed by atoms with van der Waals surface area (Å²) in [5.74, 6) is -1.31. The van der Waals surface area contributed by atoms with Crippen LogP contribution in [0.4, 0.5) is 4.79 Å². The number of rotatable bonds is 9. The van der Waals surface area contributed by atoms with Crippen LogP contribution in [0.5, 0.6) is 0 Å². The van der Waals surface area contributed by atoms with E-state index in [0.717, 1.165) is 5.56 Å². The van der Waals surface area contributed by atoms with Crippen LogP contribution in [0.15, 0.2) is 60.7 Å². The van der Waals surface area contributed by atoms with E-state index in [0.29, 0.717) is 5.56 Å². The van der Waals surface area contributed by atoms with Gasteiger partial charge in [0.1, 0.15) is 24.1 Å². The summed E-state index contributed by atoms with van der Waals surface area (Å²) < 4.78 is 5.28. The molecular weight excluding hydrogens is 342 g/mol. The molecule has 1 N–H and O–H groups in total. The van der Waals surface area contributed by atoms with Crippen molar-refractivity contribution in [1.82, 2.24) is 5.32 Å². The van der Waals surface area contributed by atoms with Gasteiger partial charge in [-0.1, -0.05) is 74.5 Å². The summed E-state index contributed by atoms with van der Waals surface area (Å²) in [5.41, 5.74) is 1.55. The lowest BCUT2D eigenvalue weighted by atomic mass is 9.84. The summed E-state index contributed by atoms with van der Waals surface area (Å²) in [4.78, 5) is 37.3. The molecule has 0 fully saturated rings. The largest absolute Gasteiger partial charge is 0.445 e. The number of ketones is 2. The van der Waals surface area contributed by atoms with Gasteiger partial charge in [-0.05, 0) is 11.1 Å². The monoisotopic (exact) mass is 367 g/mol. The lowest BCUT2D eigenvalue weighted by molar-refractivity contribution is -0.133. The molecule has 2 aromatic rings. The number of nitrogens with one attached hydrogen (secondary N) is 1. The quantitative estimate of drug-likeness (QED) is 0.673. The maximum absolute atomic E-state index is 12.5. The zero-order valence-electron chi connectivity index (χ0n) is 15.7. The highest BCUT2D eigenvalue weighted by Crippen LogP contribution is 2.26. The normalized spacial score (nSPS) is 11.7. The summed E-state index contributed by atoms with van der Waals surface area (Å²) in [6, 6.07) is 17.6. The number of carbonyl (C=O) groups excluding carboxylic acids is 3. The summed E-state index contributed by atoms with van der Waals surface area (Å²) in [6.45, 7) is 3.55. The van der Waals surface area contributed by atoms with Crippen molar-refractivity contribution in [1.29, 1.82) is 0 Å². The third-order valence-corrected chi connectivity index (χ3v) is 4.37. The zero-order valence-corrected chi connectivity index (χ0v) is 15.7. The van der Waals surface area contributed by atoms with Crippen LogP contribution in [0.2, 0.25) is 0 Å². The van der Waals surface area contributed by atoms with Crippen molar-refractivity contribution in [2.45, 2.75) is 39.3 Å². The zero-order chi connectivity index (χ0) is 19.6. The fraction of sp³-hybridized carbons (Fsp3) is 0.318. The Morgan fingerprint density at radius 3 is 1.89 bits per heavy atom. The minimum atomic E-state index is -0.924. The highest BCUT2D eigenvalue weighted by molar-refractivity contribution is 6.03. The number of hydrogen-bond donors (Lipinski definition) is 1. The Hall–Kier alpha value is -2.95. The predicted molar refractivity (Wildman–Crippen MR) is 103 cm³/mol. The first kappa shape index (κ1) is 20.4. The maximum atomic E-state index is 12.5. The first-order valence-corrected chi connectivity index (χ1v) is 9.14. The van der Waals surface area contributed by atoms with Crippen molar-refractivity contribution < 1.29 is 19.1 Å². The molecule has 142 valence electrons. The van der Waals surface area contributed by atoms with Crippen molar-refractivity contribution in [2.24, 2.45) is 5.92 Å². The molecule has 0 aliphatic rings. The van der Waals surface area contributed by atoms with E-state index in [4.69, 9.17) is 4.74 Å². The number of alkyl carbamates (subject to hydrolysis) is 1. The topological polar surface area (TPSA) is 72.5 Å². The minimum Gasteiger partial charge on any atom is -0.445 e. The molecule has 0 spiro atoms. The number of hydrogen-bond acceptors (Lipinski definition) is 4. The number of amides is 1. The molecule has 1 amide bonds. The molecule has 0 saturated heterocycles. The molecular formula is C22H25NO4. The van der Waals surface area contributed by atoms with Gasteiger partial charge in [-0.2, -0.15) is 0 Å². The third kappa shape index (κ3) is 5.78. The Morgan fingerprint density at radius 1 is 0.852 bits per heavy atom. The Morgan fingerprint density at radius 2 is 1.37 bits per heavy atom. The van der Waals surface area contributed by atoms with Gasteiger partial charge in [-0.25, -0.2) is 4.79 Å². The van der Waals surface area contributed by atoms with Gasteiger partial charge in [0.2, 0.25) is 0 Å². The van der Waals surface area contributed by atoms with E-state index in [-0.39, 0.29) is 31.0 Å². The first-order chi connectivity index (χ1) is 13.1.